The Morgan fingerprint density at radius 1 is 1.48 bits per heavy atom. The Bertz CT molecular complexity index is 469. The van der Waals surface area contributed by atoms with E-state index in [1.165, 1.54) is 6.07 Å². The van der Waals surface area contributed by atoms with E-state index in [2.05, 4.69) is 10.6 Å². The van der Waals surface area contributed by atoms with Crippen molar-refractivity contribution in [3.63, 3.8) is 0 Å². The van der Waals surface area contributed by atoms with E-state index in [-0.39, 0.29) is 11.7 Å². The Balaban J connectivity index is 1.84. The number of amides is 1. The number of benzene rings is 1. The number of carbonyl (C=O) groups excluding carboxylic acids is 1. The first-order valence-electron chi connectivity index (χ1n) is 7.52. The highest BCUT2D eigenvalue weighted by Gasteiger charge is 2.18. The summed E-state index contributed by atoms with van der Waals surface area (Å²) in [6, 6.07) is 4.14. The molecule has 1 atom stereocenters. The Labute approximate surface area is 130 Å². The third-order valence-corrected chi connectivity index (χ3v) is 4.38. The second-order valence-electron chi connectivity index (χ2n) is 5.66. The monoisotopic (exact) mass is 312 g/mol. The Hall–Kier alpha value is -1.13. The molecule has 1 aliphatic heterocycles. The van der Waals surface area contributed by atoms with Crippen LogP contribution in [0.3, 0.4) is 0 Å². The van der Waals surface area contributed by atoms with Gasteiger partial charge in [-0.25, -0.2) is 4.39 Å². The second kappa shape index (κ2) is 7.76. The molecule has 1 unspecified atom stereocenters. The van der Waals surface area contributed by atoms with Gasteiger partial charge in [-0.05, 0) is 57.3 Å². The van der Waals surface area contributed by atoms with Crippen LogP contribution in [0, 0.1) is 11.7 Å². The predicted octanol–water partition coefficient (Wildman–Crippen LogP) is 3.44. The fourth-order valence-corrected chi connectivity index (χ4v) is 3.14. The van der Waals surface area contributed by atoms with Crippen molar-refractivity contribution in [1.29, 1.82) is 0 Å². The van der Waals surface area contributed by atoms with Crippen LogP contribution in [0.4, 0.5) is 4.39 Å². The molecule has 2 rings (SSSR count). The summed E-state index contributed by atoms with van der Waals surface area (Å²) in [5, 5.41) is 6.50. The molecular formula is C16H22ClFN2O. The van der Waals surface area contributed by atoms with Gasteiger partial charge in [0, 0.05) is 17.0 Å². The summed E-state index contributed by atoms with van der Waals surface area (Å²) in [6.45, 7) is 3.83. The van der Waals surface area contributed by atoms with Crippen molar-refractivity contribution in [2.45, 2.75) is 38.6 Å². The standard InChI is InChI=1S/C16H22ClFN2O/c1-11(16-13(17)3-2-4-14(16)18)20-15(21)6-5-12-7-9-19-10-8-12/h2-4,11-12,19H,5-10H2,1H3,(H,20,21). The molecule has 0 saturated carbocycles. The van der Waals surface area contributed by atoms with E-state index >= 15 is 0 Å². The smallest absolute Gasteiger partial charge is 0.220 e. The molecule has 0 radical (unpaired) electrons. The van der Waals surface area contributed by atoms with Crippen LogP contribution >= 0.6 is 11.6 Å². The number of hydrogen-bond donors (Lipinski definition) is 2. The molecule has 1 aromatic carbocycles. The third kappa shape index (κ3) is 4.68. The molecule has 0 bridgehead atoms. The van der Waals surface area contributed by atoms with Gasteiger partial charge in [-0.1, -0.05) is 17.7 Å². The maximum Gasteiger partial charge on any atom is 0.220 e. The highest BCUT2D eigenvalue weighted by Crippen LogP contribution is 2.26. The normalized spacial score (nSPS) is 17.5. The van der Waals surface area contributed by atoms with Crippen molar-refractivity contribution in [3.05, 3.63) is 34.6 Å². The fraction of sp³-hybridized carbons (Fsp3) is 0.562. The maximum atomic E-state index is 13.8. The van der Waals surface area contributed by atoms with Gasteiger partial charge in [0.25, 0.3) is 0 Å². The van der Waals surface area contributed by atoms with Crippen LogP contribution in [-0.4, -0.2) is 19.0 Å². The Kier molecular flexibility index (Phi) is 6.00. The molecule has 3 nitrogen and oxygen atoms in total. The lowest BCUT2D eigenvalue weighted by atomic mass is 9.93. The summed E-state index contributed by atoms with van der Waals surface area (Å²) in [7, 11) is 0. The molecule has 1 fully saturated rings. The summed E-state index contributed by atoms with van der Waals surface area (Å²) in [5.74, 6) is 0.193. The largest absolute Gasteiger partial charge is 0.349 e. The van der Waals surface area contributed by atoms with Crippen LogP contribution in [0.15, 0.2) is 18.2 Å². The van der Waals surface area contributed by atoms with Gasteiger partial charge in [0.15, 0.2) is 0 Å². The van der Waals surface area contributed by atoms with E-state index in [1.807, 2.05) is 0 Å². The van der Waals surface area contributed by atoms with Gasteiger partial charge in [0.05, 0.1) is 6.04 Å². The molecule has 1 heterocycles. The molecule has 1 amide bonds. The summed E-state index contributed by atoms with van der Waals surface area (Å²) in [4.78, 5) is 12.0. The molecule has 0 aromatic heterocycles. The van der Waals surface area contributed by atoms with Crippen LogP contribution in [0.1, 0.15) is 44.2 Å². The first-order chi connectivity index (χ1) is 10.1. The van der Waals surface area contributed by atoms with Crippen molar-refractivity contribution < 1.29 is 9.18 Å². The number of nitrogens with one attached hydrogen (secondary N) is 2. The molecule has 0 spiro atoms. The zero-order valence-corrected chi connectivity index (χ0v) is 13.0. The minimum atomic E-state index is -0.417. The minimum absolute atomic E-state index is 0.0413. The van der Waals surface area contributed by atoms with Gasteiger partial charge in [-0.2, -0.15) is 0 Å². The number of rotatable bonds is 5. The Morgan fingerprint density at radius 2 is 2.19 bits per heavy atom. The molecule has 0 aliphatic carbocycles. The van der Waals surface area contributed by atoms with Crippen LogP contribution in [-0.2, 0) is 4.79 Å². The van der Waals surface area contributed by atoms with Crippen molar-refractivity contribution in [2.24, 2.45) is 5.92 Å². The average molecular weight is 313 g/mol. The fourth-order valence-electron chi connectivity index (χ4n) is 2.82. The van der Waals surface area contributed by atoms with E-state index in [4.69, 9.17) is 11.6 Å². The maximum absolute atomic E-state index is 13.8. The summed E-state index contributed by atoms with van der Waals surface area (Å²) >= 11 is 6.01. The lowest BCUT2D eigenvalue weighted by Crippen LogP contribution is -2.30. The predicted molar refractivity (Wildman–Crippen MR) is 82.8 cm³/mol. The third-order valence-electron chi connectivity index (χ3n) is 4.05. The minimum Gasteiger partial charge on any atom is -0.349 e. The number of hydrogen-bond acceptors (Lipinski definition) is 2. The van der Waals surface area contributed by atoms with Crippen molar-refractivity contribution in [2.75, 3.05) is 13.1 Å². The lowest BCUT2D eigenvalue weighted by molar-refractivity contribution is -0.122. The number of carbonyl (C=O) groups is 1. The molecular weight excluding hydrogens is 291 g/mol. The molecule has 21 heavy (non-hydrogen) atoms. The first kappa shape index (κ1) is 16.2. The van der Waals surface area contributed by atoms with E-state index in [9.17, 15) is 9.18 Å². The molecule has 1 aliphatic rings. The number of halogens is 2. The Morgan fingerprint density at radius 3 is 2.86 bits per heavy atom. The molecule has 5 heteroatoms. The van der Waals surface area contributed by atoms with Gasteiger partial charge in [0.1, 0.15) is 5.82 Å². The molecule has 1 saturated heterocycles. The number of piperidine rings is 1. The molecule has 2 N–H and O–H groups in total. The van der Waals surface area contributed by atoms with Crippen LogP contribution < -0.4 is 10.6 Å². The van der Waals surface area contributed by atoms with Crippen molar-refractivity contribution in [3.8, 4) is 0 Å². The van der Waals surface area contributed by atoms with Crippen LogP contribution in [0.2, 0.25) is 5.02 Å². The van der Waals surface area contributed by atoms with E-state index in [0.29, 0.717) is 22.9 Å². The SMILES string of the molecule is CC(NC(=O)CCC1CCNCC1)c1c(F)cccc1Cl. The van der Waals surface area contributed by atoms with Crippen LogP contribution in [0.5, 0.6) is 0 Å². The van der Waals surface area contributed by atoms with E-state index in [0.717, 1.165) is 32.4 Å². The highest BCUT2D eigenvalue weighted by atomic mass is 35.5. The molecule has 1 aromatic rings. The topological polar surface area (TPSA) is 41.1 Å². The first-order valence-corrected chi connectivity index (χ1v) is 7.89. The van der Waals surface area contributed by atoms with Gasteiger partial charge >= 0.3 is 0 Å². The van der Waals surface area contributed by atoms with Gasteiger partial charge in [0.2, 0.25) is 5.91 Å². The summed E-state index contributed by atoms with van der Waals surface area (Å²) < 4.78 is 13.8. The zero-order chi connectivity index (χ0) is 15.2. The lowest BCUT2D eigenvalue weighted by Gasteiger charge is -2.22. The van der Waals surface area contributed by atoms with Crippen molar-refractivity contribution in [1.82, 2.24) is 10.6 Å². The highest BCUT2D eigenvalue weighted by molar-refractivity contribution is 6.31. The van der Waals surface area contributed by atoms with Gasteiger partial charge in [-0.15, -0.1) is 0 Å². The zero-order valence-electron chi connectivity index (χ0n) is 12.3. The van der Waals surface area contributed by atoms with Crippen molar-refractivity contribution >= 4 is 17.5 Å². The second-order valence-corrected chi connectivity index (χ2v) is 6.06. The quantitative estimate of drug-likeness (QED) is 0.874. The van der Waals surface area contributed by atoms with E-state index in [1.54, 1.807) is 19.1 Å². The summed E-state index contributed by atoms with van der Waals surface area (Å²) in [5.41, 5.74) is 0.356. The summed E-state index contributed by atoms with van der Waals surface area (Å²) in [6.07, 6.45) is 3.64. The van der Waals surface area contributed by atoms with Gasteiger partial charge < -0.3 is 10.6 Å². The van der Waals surface area contributed by atoms with E-state index < -0.39 is 6.04 Å². The molecule has 116 valence electrons. The average Bonchev–Trinajstić information content (AvgIpc) is 2.46. The van der Waals surface area contributed by atoms with Crippen LogP contribution in [0.25, 0.3) is 0 Å². The van der Waals surface area contributed by atoms with Gasteiger partial charge in [-0.3, -0.25) is 4.79 Å².